The topological polar surface area (TPSA) is 70.6 Å². The van der Waals surface area contributed by atoms with Crippen LogP contribution in [0.4, 0.5) is 23.7 Å². The Morgan fingerprint density at radius 1 is 1.25 bits per heavy atom. The first-order valence-corrected chi connectivity index (χ1v) is 8.84. The van der Waals surface area contributed by atoms with Gasteiger partial charge in [-0.2, -0.15) is 13.2 Å². The average molecular weight is 394 g/mol. The van der Waals surface area contributed by atoms with Crippen LogP contribution in [-0.4, -0.2) is 24.8 Å². The van der Waals surface area contributed by atoms with Crippen molar-refractivity contribution in [1.82, 2.24) is 5.32 Å². The summed E-state index contributed by atoms with van der Waals surface area (Å²) in [6, 6.07) is 9.25. The second kappa shape index (κ2) is 7.71. The average Bonchev–Trinajstić information content (AvgIpc) is 2.66. The summed E-state index contributed by atoms with van der Waals surface area (Å²) in [7, 11) is 1.56. The van der Waals surface area contributed by atoms with Crippen molar-refractivity contribution in [1.29, 1.82) is 0 Å². The van der Waals surface area contributed by atoms with Gasteiger partial charge < -0.3 is 20.5 Å². The van der Waals surface area contributed by atoms with Crippen molar-refractivity contribution in [2.75, 3.05) is 19.0 Å². The summed E-state index contributed by atoms with van der Waals surface area (Å²) in [5.74, 6) is 0.678. The van der Waals surface area contributed by atoms with Gasteiger partial charge in [0.25, 0.3) is 0 Å². The number of hydrogen-bond acceptors (Lipinski definition) is 3. The molecule has 3 N–H and O–H groups in total. The van der Waals surface area contributed by atoms with E-state index in [-0.39, 0.29) is 12.2 Å². The largest absolute Gasteiger partial charge is 0.497 e. The number of ether oxygens (including phenoxy) is 1. The maximum atomic E-state index is 13.0. The van der Waals surface area contributed by atoms with Crippen molar-refractivity contribution in [2.24, 2.45) is 0 Å². The SMILES string of the molecule is COc1ccc2c(c1)CCC[C@]2(O)CNC(=O)Nc1ccccc1C(F)(F)F. The number of hydrogen-bond donors (Lipinski definition) is 3. The van der Waals surface area contributed by atoms with Crippen LogP contribution in [0.1, 0.15) is 29.5 Å². The van der Waals surface area contributed by atoms with Crippen molar-refractivity contribution in [3.8, 4) is 5.75 Å². The van der Waals surface area contributed by atoms with Crippen LogP contribution in [0.25, 0.3) is 0 Å². The number of alkyl halides is 3. The van der Waals surface area contributed by atoms with Crippen molar-refractivity contribution in [2.45, 2.75) is 31.0 Å². The van der Waals surface area contributed by atoms with Gasteiger partial charge >= 0.3 is 12.2 Å². The molecule has 1 aliphatic rings. The van der Waals surface area contributed by atoms with E-state index in [9.17, 15) is 23.1 Å². The minimum absolute atomic E-state index is 0.119. The molecule has 150 valence electrons. The summed E-state index contributed by atoms with van der Waals surface area (Å²) in [6.07, 6.45) is -2.65. The number of aliphatic hydroxyl groups is 1. The van der Waals surface area contributed by atoms with E-state index in [2.05, 4.69) is 10.6 Å². The Labute approximate surface area is 160 Å². The quantitative estimate of drug-likeness (QED) is 0.733. The third kappa shape index (κ3) is 4.22. The molecule has 0 heterocycles. The zero-order valence-electron chi connectivity index (χ0n) is 15.3. The molecular formula is C20H21F3N2O3. The number of carbonyl (C=O) groups is 1. The van der Waals surface area contributed by atoms with Crippen LogP contribution in [0.3, 0.4) is 0 Å². The van der Waals surface area contributed by atoms with Crippen LogP contribution < -0.4 is 15.4 Å². The van der Waals surface area contributed by atoms with E-state index in [1.807, 2.05) is 6.07 Å². The molecule has 5 nitrogen and oxygen atoms in total. The number of fused-ring (bicyclic) bond motifs is 1. The van der Waals surface area contributed by atoms with Crippen molar-refractivity contribution < 1.29 is 27.8 Å². The summed E-state index contributed by atoms with van der Waals surface area (Å²) in [5.41, 5.74) is -0.943. The van der Waals surface area contributed by atoms with Gasteiger partial charge in [0.1, 0.15) is 11.4 Å². The second-order valence-corrected chi connectivity index (χ2v) is 6.76. The van der Waals surface area contributed by atoms with Gasteiger partial charge in [-0.05, 0) is 54.7 Å². The number of methoxy groups -OCH3 is 1. The van der Waals surface area contributed by atoms with E-state index in [4.69, 9.17) is 4.74 Å². The number of urea groups is 1. The molecule has 2 aromatic rings. The van der Waals surface area contributed by atoms with E-state index in [0.29, 0.717) is 17.7 Å². The Morgan fingerprint density at radius 2 is 2.00 bits per heavy atom. The van der Waals surface area contributed by atoms with E-state index in [0.717, 1.165) is 24.5 Å². The Morgan fingerprint density at radius 3 is 2.71 bits per heavy atom. The Bertz CT molecular complexity index is 870. The number of carbonyl (C=O) groups excluding carboxylic acids is 1. The van der Waals surface area contributed by atoms with Crippen LogP contribution in [0, 0.1) is 0 Å². The van der Waals surface area contributed by atoms with Crippen molar-refractivity contribution >= 4 is 11.7 Å². The highest BCUT2D eigenvalue weighted by molar-refractivity contribution is 5.90. The fraction of sp³-hybridized carbons (Fsp3) is 0.350. The number of amides is 2. The first-order valence-electron chi connectivity index (χ1n) is 8.84. The summed E-state index contributed by atoms with van der Waals surface area (Å²) in [5, 5.41) is 15.7. The molecule has 0 spiro atoms. The monoisotopic (exact) mass is 394 g/mol. The molecule has 1 aliphatic carbocycles. The molecule has 0 aromatic heterocycles. The highest BCUT2D eigenvalue weighted by Crippen LogP contribution is 2.37. The standard InChI is InChI=1S/C20H21F3N2O3/c1-28-14-8-9-15-13(11-14)5-4-10-19(15,27)12-24-18(26)25-17-7-3-2-6-16(17)20(21,22)23/h2-3,6-9,11,27H,4-5,10,12H2,1H3,(H2,24,25,26)/t19-/m0/s1. The zero-order valence-corrected chi connectivity index (χ0v) is 15.3. The molecule has 0 aliphatic heterocycles. The summed E-state index contributed by atoms with van der Waals surface area (Å²) in [4.78, 5) is 12.2. The van der Waals surface area contributed by atoms with Gasteiger partial charge in [0, 0.05) is 0 Å². The Hall–Kier alpha value is -2.74. The molecule has 2 aromatic carbocycles. The third-order valence-corrected chi connectivity index (χ3v) is 4.87. The molecule has 1 atom stereocenters. The number of anilines is 1. The molecule has 0 saturated carbocycles. The molecular weight excluding hydrogens is 373 g/mol. The zero-order chi connectivity index (χ0) is 20.4. The number of nitrogens with one attached hydrogen (secondary N) is 2. The van der Waals surface area contributed by atoms with E-state index < -0.39 is 23.4 Å². The Kier molecular flexibility index (Phi) is 5.51. The maximum Gasteiger partial charge on any atom is 0.418 e. The van der Waals surface area contributed by atoms with E-state index in [1.165, 1.54) is 18.2 Å². The van der Waals surface area contributed by atoms with Gasteiger partial charge in [-0.25, -0.2) is 4.79 Å². The summed E-state index contributed by atoms with van der Waals surface area (Å²) < 4.78 is 44.3. The molecule has 2 amide bonds. The minimum atomic E-state index is -4.58. The molecule has 0 radical (unpaired) electrons. The number of aryl methyl sites for hydroxylation is 1. The molecule has 0 saturated heterocycles. The molecule has 0 unspecified atom stereocenters. The first kappa shape index (κ1) is 20.0. The normalized spacial score (nSPS) is 18.9. The molecule has 8 heteroatoms. The smallest absolute Gasteiger partial charge is 0.418 e. The fourth-order valence-electron chi connectivity index (χ4n) is 3.48. The molecule has 3 rings (SSSR count). The molecule has 0 fully saturated rings. The van der Waals surface area contributed by atoms with Crippen LogP contribution in [0.15, 0.2) is 42.5 Å². The lowest BCUT2D eigenvalue weighted by Crippen LogP contribution is -2.44. The fourth-order valence-corrected chi connectivity index (χ4v) is 3.48. The van der Waals surface area contributed by atoms with Crippen LogP contribution in [-0.2, 0) is 18.2 Å². The first-order chi connectivity index (χ1) is 13.2. The lowest BCUT2D eigenvalue weighted by molar-refractivity contribution is -0.136. The number of rotatable bonds is 4. The number of para-hydroxylation sites is 1. The van der Waals surface area contributed by atoms with E-state index >= 15 is 0 Å². The Balaban J connectivity index is 1.71. The second-order valence-electron chi connectivity index (χ2n) is 6.76. The minimum Gasteiger partial charge on any atom is -0.497 e. The highest BCUT2D eigenvalue weighted by Gasteiger charge is 2.36. The maximum absolute atomic E-state index is 13.0. The van der Waals surface area contributed by atoms with Gasteiger partial charge in [-0.15, -0.1) is 0 Å². The molecule has 0 bridgehead atoms. The van der Waals surface area contributed by atoms with Crippen LogP contribution in [0.5, 0.6) is 5.75 Å². The van der Waals surface area contributed by atoms with Crippen LogP contribution >= 0.6 is 0 Å². The third-order valence-electron chi connectivity index (χ3n) is 4.87. The lowest BCUT2D eigenvalue weighted by atomic mass is 9.79. The number of halogens is 3. The lowest BCUT2D eigenvalue weighted by Gasteiger charge is -2.35. The summed E-state index contributed by atoms with van der Waals surface area (Å²) >= 11 is 0. The van der Waals surface area contributed by atoms with E-state index in [1.54, 1.807) is 19.2 Å². The number of benzene rings is 2. The van der Waals surface area contributed by atoms with Gasteiger partial charge in [-0.1, -0.05) is 18.2 Å². The van der Waals surface area contributed by atoms with Gasteiger partial charge in [0.15, 0.2) is 0 Å². The van der Waals surface area contributed by atoms with Crippen molar-refractivity contribution in [3.05, 3.63) is 59.2 Å². The van der Waals surface area contributed by atoms with Gasteiger partial charge in [-0.3, -0.25) is 0 Å². The molecule has 28 heavy (non-hydrogen) atoms. The predicted molar refractivity (Wildman–Crippen MR) is 98.3 cm³/mol. The van der Waals surface area contributed by atoms with Gasteiger partial charge in [0.2, 0.25) is 0 Å². The van der Waals surface area contributed by atoms with Gasteiger partial charge in [0.05, 0.1) is 24.9 Å². The van der Waals surface area contributed by atoms with Crippen molar-refractivity contribution in [3.63, 3.8) is 0 Å². The van der Waals surface area contributed by atoms with Crippen LogP contribution in [0.2, 0.25) is 0 Å². The predicted octanol–water partition coefficient (Wildman–Crippen LogP) is 4.06. The summed E-state index contributed by atoms with van der Waals surface area (Å²) in [6.45, 7) is -0.119. The highest BCUT2D eigenvalue weighted by atomic mass is 19.4.